The number of carbonyl (C=O) groups excluding carboxylic acids is 1. The van der Waals surface area contributed by atoms with Crippen molar-refractivity contribution in [3.05, 3.63) is 29.3 Å². The maximum atomic E-state index is 11.2. The van der Waals surface area contributed by atoms with Crippen molar-refractivity contribution in [1.82, 2.24) is 5.32 Å². The van der Waals surface area contributed by atoms with Gasteiger partial charge in [-0.3, -0.25) is 4.79 Å². The van der Waals surface area contributed by atoms with Gasteiger partial charge >= 0.3 is 5.97 Å². The number of hydrogen-bond acceptors (Lipinski definition) is 5. The normalized spacial score (nSPS) is 13.7. The predicted molar refractivity (Wildman–Crippen MR) is 72.2 cm³/mol. The number of ether oxygens (including phenoxy) is 2. The van der Waals surface area contributed by atoms with E-state index in [9.17, 15) is 9.90 Å². The largest absolute Gasteiger partial charge is 0.496 e. The first-order chi connectivity index (χ1) is 8.99. The third kappa shape index (κ3) is 4.22. The van der Waals surface area contributed by atoms with Crippen molar-refractivity contribution >= 4 is 5.97 Å². The molecule has 0 heterocycles. The molecule has 106 valence electrons. The highest BCUT2D eigenvalue weighted by molar-refractivity contribution is 5.75. The van der Waals surface area contributed by atoms with Gasteiger partial charge in [0.25, 0.3) is 0 Å². The molecule has 0 aliphatic carbocycles. The molecule has 2 N–H and O–H groups in total. The summed E-state index contributed by atoms with van der Waals surface area (Å²) in [7, 11) is 2.89. The fourth-order valence-corrected chi connectivity index (χ4v) is 1.77. The molecule has 0 aromatic heterocycles. The van der Waals surface area contributed by atoms with E-state index in [1.54, 1.807) is 14.0 Å². The average molecular weight is 267 g/mol. The highest BCUT2D eigenvalue weighted by Crippen LogP contribution is 2.25. The van der Waals surface area contributed by atoms with Gasteiger partial charge in [0.2, 0.25) is 0 Å². The lowest BCUT2D eigenvalue weighted by Crippen LogP contribution is -2.37. The summed E-state index contributed by atoms with van der Waals surface area (Å²) in [6.07, 6.45) is -0.748. The van der Waals surface area contributed by atoms with E-state index in [1.165, 1.54) is 7.11 Å². The standard InChI is InChI=1S/C14H21NO4/c1-9-5-6-13(18-3)11(7-9)12(16)8-15-10(2)14(17)19-4/h5-7,10,12,15-16H,8H2,1-4H3. The number of nitrogens with one attached hydrogen (secondary N) is 1. The molecule has 0 saturated heterocycles. The molecule has 1 rings (SSSR count). The Hall–Kier alpha value is -1.59. The molecule has 5 heteroatoms. The van der Waals surface area contributed by atoms with Crippen LogP contribution in [-0.2, 0) is 9.53 Å². The van der Waals surface area contributed by atoms with Crippen LogP contribution in [0.15, 0.2) is 18.2 Å². The molecular weight excluding hydrogens is 246 g/mol. The van der Waals surface area contributed by atoms with Crippen LogP contribution in [0.4, 0.5) is 0 Å². The van der Waals surface area contributed by atoms with Gasteiger partial charge < -0.3 is 19.9 Å². The van der Waals surface area contributed by atoms with Crippen LogP contribution in [-0.4, -0.2) is 37.9 Å². The van der Waals surface area contributed by atoms with E-state index >= 15 is 0 Å². The second-order valence-corrected chi connectivity index (χ2v) is 4.41. The van der Waals surface area contributed by atoms with Crippen molar-refractivity contribution in [3.8, 4) is 5.75 Å². The third-order valence-electron chi connectivity index (χ3n) is 2.92. The Bertz CT molecular complexity index is 433. The summed E-state index contributed by atoms with van der Waals surface area (Å²) in [5, 5.41) is 13.1. The zero-order valence-corrected chi connectivity index (χ0v) is 11.8. The Morgan fingerprint density at radius 2 is 2.11 bits per heavy atom. The van der Waals surface area contributed by atoms with Crippen molar-refractivity contribution in [2.24, 2.45) is 0 Å². The highest BCUT2D eigenvalue weighted by atomic mass is 16.5. The Morgan fingerprint density at radius 3 is 2.68 bits per heavy atom. The lowest BCUT2D eigenvalue weighted by atomic mass is 10.0. The van der Waals surface area contributed by atoms with Crippen molar-refractivity contribution in [1.29, 1.82) is 0 Å². The minimum absolute atomic E-state index is 0.246. The Kier molecular flexibility index (Phi) is 5.79. The number of benzene rings is 1. The molecule has 0 aliphatic heterocycles. The van der Waals surface area contributed by atoms with Gasteiger partial charge in [-0.15, -0.1) is 0 Å². The third-order valence-corrected chi connectivity index (χ3v) is 2.92. The minimum Gasteiger partial charge on any atom is -0.496 e. The number of hydrogen-bond donors (Lipinski definition) is 2. The molecule has 2 unspecified atom stereocenters. The summed E-state index contributed by atoms with van der Waals surface area (Å²) in [5.41, 5.74) is 1.74. The Balaban J connectivity index is 2.70. The van der Waals surface area contributed by atoms with Gasteiger partial charge in [-0.05, 0) is 26.0 Å². The molecule has 0 fully saturated rings. The van der Waals surface area contributed by atoms with E-state index < -0.39 is 12.1 Å². The maximum Gasteiger partial charge on any atom is 0.322 e. The first-order valence-corrected chi connectivity index (χ1v) is 6.13. The van der Waals surface area contributed by atoms with Crippen molar-refractivity contribution in [2.45, 2.75) is 26.0 Å². The number of aliphatic hydroxyl groups excluding tert-OH is 1. The van der Waals surface area contributed by atoms with Crippen LogP contribution in [0.2, 0.25) is 0 Å². The topological polar surface area (TPSA) is 67.8 Å². The highest BCUT2D eigenvalue weighted by Gasteiger charge is 2.17. The zero-order chi connectivity index (χ0) is 14.4. The summed E-state index contributed by atoms with van der Waals surface area (Å²) >= 11 is 0. The number of esters is 1. The van der Waals surface area contributed by atoms with E-state index in [2.05, 4.69) is 10.1 Å². The van der Waals surface area contributed by atoms with Crippen LogP contribution >= 0.6 is 0 Å². The first-order valence-electron chi connectivity index (χ1n) is 6.13. The molecule has 0 amide bonds. The maximum absolute atomic E-state index is 11.2. The number of aryl methyl sites for hydroxylation is 1. The first kappa shape index (κ1) is 15.5. The summed E-state index contributed by atoms with van der Waals surface area (Å²) in [6.45, 7) is 3.88. The zero-order valence-electron chi connectivity index (χ0n) is 11.8. The molecule has 1 aromatic rings. The van der Waals surface area contributed by atoms with Gasteiger partial charge in [-0.25, -0.2) is 0 Å². The summed E-state index contributed by atoms with van der Waals surface area (Å²) < 4.78 is 9.82. The molecule has 0 saturated carbocycles. The summed E-state index contributed by atoms with van der Waals surface area (Å²) in [6, 6.07) is 5.14. The molecule has 0 radical (unpaired) electrons. The van der Waals surface area contributed by atoms with Crippen LogP contribution < -0.4 is 10.1 Å². The van der Waals surface area contributed by atoms with Gasteiger partial charge in [-0.2, -0.15) is 0 Å². The van der Waals surface area contributed by atoms with E-state index in [4.69, 9.17) is 4.74 Å². The van der Waals surface area contributed by atoms with E-state index in [0.29, 0.717) is 11.3 Å². The number of aliphatic hydroxyl groups is 1. The van der Waals surface area contributed by atoms with Crippen molar-refractivity contribution in [3.63, 3.8) is 0 Å². The van der Waals surface area contributed by atoms with Crippen LogP contribution in [0.3, 0.4) is 0 Å². The molecule has 0 aliphatic rings. The molecule has 5 nitrogen and oxygen atoms in total. The second-order valence-electron chi connectivity index (χ2n) is 4.41. The lowest BCUT2D eigenvalue weighted by molar-refractivity contribution is -0.142. The predicted octanol–water partition coefficient (Wildman–Crippen LogP) is 1.19. The van der Waals surface area contributed by atoms with Crippen LogP contribution in [0, 0.1) is 6.92 Å². The minimum atomic E-state index is -0.748. The monoisotopic (exact) mass is 267 g/mol. The second kappa shape index (κ2) is 7.11. The SMILES string of the molecule is COC(=O)C(C)NCC(O)c1cc(C)ccc1OC. The van der Waals surface area contributed by atoms with Gasteiger partial charge in [0.1, 0.15) is 11.8 Å². The van der Waals surface area contributed by atoms with Gasteiger partial charge in [-0.1, -0.05) is 11.6 Å². The molecule has 0 spiro atoms. The smallest absolute Gasteiger partial charge is 0.322 e. The van der Waals surface area contributed by atoms with Gasteiger partial charge in [0, 0.05) is 12.1 Å². The molecule has 1 aromatic carbocycles. The lowest BCUT2D eigenvalue weighted by Gasteiger charge is -2.18. The fourth-order valence-electron chi connectivity index (χ4n) is 1.77. The quantitative estimate of drug-likeness (QED) is 0.758. The van der Waals surface area contributed by atoms with Crippen molar-refractivity contribution < 1.29 is 19.4 Å². The van der Waals surface area contributed by atoms with Gasteiger partial charge in [0.15, 0.2) is 0 Å². The number of methoxy groups -OCH3 is 2. The number of carbonyl (C=O) groups is 1. The Morgan fingerprint density at radius 1 is 1.42 bits per heavy atom. The Labute approximate surface area is 113 Å². The van der Waals surface area contributed by atoms with E-state index in [0.717, 1.165) is 5.56 Å². The van der Waals surface area contributed by atoms with Crippen LogP contribution in [0.1, 0.15) is 24.2 Å². The van der Waals surface area contributed by atoms with E-state index in [1.807, 2.05) is 25.1 Å². The average Bonchev–Trinajstić information content (AvgIpc) is 2.43. The molecule has 2 atom stereocenters. The fraction of sp³-hybridized carbons (Fsp3) is 0.500. The summed E-state index contributed by atoms with van der Waals surface area (Å²) in [4.78, 5) is 11.2. The van der Waals surface area contributed by atoms with E-state index in [-0.39, 0.29) is 12.5 Å². The van der Waals surface area contributed by atoms with Crippen molar-refractivity contribution in [2.75, 3.05) is 20.8 Å². The molecule has 0 bridgehead atoms. The summed E-state index contributed by atoms with van der Waals surface area (Å²) in [5.74, 6) is 0.272. The van der Waals surface area contributed by atoms with Crippen LogP contribution in [0.5, 0.6) is 5.75 Å². The number of rotatable bonds is 6. The molecule has 19 heavy (non-hydrogen) atoms. The van der Waals surface area contributed by atoms with Gasteiger partial charge in [0.05, 0.1) is 20.3 Å². The van der Waals surface area contributed by atoms with Crippen LogP contribution in [0.25, 0.3) is 0 Å². The molecular formula is C14H21NO4.